The van der Waals surface area contributed by atoms with Crippen LogP contribution in [0.1, 0.15) is 85.0 Å². The smallest absolute Gasteiger partial charge is 0.0774 e. The van der Waals surface area contributed by atoms with E-state index in [0.29, 0.717) is 41.9 Å². The average Bonchev–Trinajstić information content (AvgIpc) is 3.49. The zero-order valence-corrected chi connectivity index (χ0v) is 19.2. The topological polar surface area (TPSA) is 60.7 Å². The van der Waals surface area contributed by atoms with Crippen molar-refractivity contribution >= 4 is 0 Å². The second kappa shape index (κ2) is 8.92. The minimum atomic E-state index is -0.478. The molecular weight excluding hydrogens is 372 g/mol. The lowest BCUT2D eigenvalue weighted by Crippen LogP contribution is -2.35. The van der Waals surface area contributed by atoms with Crippen molar-refractivity contribution in [3.63, 3.8) is 0 Å². The van der Waals surface area contributed by atoms with Crippen LogP contribution in [0.5, 0.6) is 0 Å². The molecule has 0 spiro atoms. The predicted octanol–water partition coefficient (Wildman–Crippen LogP) is 5.31. The van der Waals surface area contributed by atoms with E-state index in [1.165, 1.54) is 50.5 Å². The summed E-state index contributed by atoms with van der Waals surface area (Å²) in [6.45, 7) is 6.90. The summed E-state index contributed by atoms with van der Waals surface area (Å²) in [6, 6.07) is 0. The number of allylic oxidation sites excluding steroid dienone is 3. The standard InChI is InChI=1S/C27H42O3/c1-17(6-13-25(29)20-8-9-20)23-11-12-24-19(5-4-14-27(23,24)3)7-10-21-15-22(28)16-26(30)18(21)2/h6-7,13,17,20,22-26,28-30H,4-5,8-12,14-16H2,1-3H3/b13-6+,19-7+/t17-,22-,23-,24+,25-,26+,27-/m1/s1. The number of hydrogen-bond acceptors (Lipinski definition) is 3. The maximum atomic E-state index is 10.2. The van der Waals surface area contributed by atoms with Gasteiger partial charge in [0.1, 0.15) is 0 Å². The van der Waals surface area contributed by atoms with Crippen molar-refractivity contribution < 1.29 is 15.3 Å². The molecule has 7 atom stereocenters. The highest BCUT2D eigenvalue weighted by Crippen LogP contribution is 2.59. The van der Waals surface area contributed by atoms with Gasteiger partial charge in [-0.15, -0.1) is 0 Å². The second-order valence-corrected chi connectivity index (χ2v) is 11.0. The third-order valence-electron chi connectivity index (χ3n) is 9.03. The summed E-state index contributed by atoms with van der Waals surface area (Å²) in [5.74, 6) is 2.38. The predicted molar refractivity (Wildman–Crippen MR) is 122 cm³/mol. The molecule has 0 aromatic rings. The van der Waals surface area contributed by atoms with E-state index in [-0.39, 0.29) is 6.10 Å². The maximum Gasteiger partial charge on any atom is 0.0774 e. The molecule has 4 aliphatic carbocycles. The molecule has 0 radical (unpaired) electrons. The molecular formula is C27H42O3. The molecule has 3 nitrogen and oxygen atoms in total. The third-order valence-corrected chi connectivity index (χ3v) is 9.03. The fourth-order valence-electron chi connectivity index (χ4n) is 6.90. The minimum absolute atomic E-state index is 0.239. The van der Waals surface area contributed by atoms with E-state index in [1.807, 2.05) is 6.92 Å². The van der Waals surface area contributed by atoms with Gasteiger partial charge in [-0.25, -0.2) is 0 Å². The Morgan fingerprint density at radius 1 is 1.13 bits per heavy atom. The fourth-order valence-corrected chi connectivity index (χ4v) is 6.90. The molecule has 0 aliphatic heterocycles. The van der Waals surface area contributed by atoms with Gasteiger partial charge >= 0.3 is 0 Å². The van der Waals surface area contributed by atoms with Crippen LogP contribution in [0.15, 0.2) is 34.9 Å². The zero-order valence-electron chi connectivity index (χ0n) is 19.2. The Morgan fingerprint density at radius 3 is 2.63 bits per heavy atom. The Kier molecular flexibility index (Phi) is 6.63. The van der Waals surface area contributed by atoms with Gasteiger partial charge in [-0.1, -0.05) is 43.2 Å². The van der Waals surface area contributed by atoms with Crippen LogP contribution in [-0.2, 0) is 0 Å². The molecule has 0 aromatic heterocycles. The first-order valence-corrected chi connectivity index (χ1v) is 12.4. The van der Waals surface area contributed by atoms with E-state index in [4.69, 9.17) is 0 Å². The summed E-state index contributed by atoms with van der Waals surface area (Å²) < 4.78 is 0. The minimum Gasteiger partial charge on any atom is -0.393 e. The molecule has 3 heteroatoms. The summed E-state index contributed by atoms with van der Waals surface area (Å²) in [5, 5.41) is 30.5. The van der Waals surface area contributed by atoms with Crippen molar-refractivity contribution in [3.05, 3.63) is 34.9 Å². The average molecular weight is 415 g/mol. The Bertz CT molecular complexity index is 716. The lowest BCUT2D eigenvalue weighted by molar-refractivity contribution is 0.0860. The summed E-state index contributed by atoms with van der Waals surface area (Å²) in [5.41, 5.74) is 4.29. The van der Waals surface area contributed by atoms with E-state index in [9.17, 15) is 15.3 Å². The molecule has 0 bridgehead atoms. The van der Waals surface area contributed by atoms with Crippen molar-refractivity contribution in [1.29, 1.82) is 0 Å². The highest BCUT2D eigenvalue weighted by atomic mass is 16.3. The molecule has 3 N–H and O–H groups in total. The van der Waals surface area contributed by atoms with Crippen LogP contribution in [0, 0.1) is 29.1 Å². The first-order valence-electron chi connectivity index (χ1n) is 12.4. The van der Waals surface area contributed by atoms with Gasteiger partial charge in [-0.05, 0) is 99.4 Å². The van der Waals surface area contributed by atoms with Crippen molar-refractivity contribution in [2.75, 3.05) is 0 Å². The van der Waals surface area contributed by atoms with Crippen molar-refractivity contribution in [2.24, 2.45) is 29.1 Å². The van der Waals surface area contributed by atoms with Gasteiger partial charge in [-0.3, -0.25) is 0 Å². The van der Waals surface area contributed by atoms with Crippen LogP contribution in [0.4, 0.5) is 0 Å². The van der Waals surface area contributed by atoms with Gasteiger partial charge in [0.25, 0.3) is 0 Å². The molecule has 0 amide bonds. The Morgan fingerprint density at radius 2 is 1.90 bits per heavy atom. The first-order chi connectivity index (χ1) is 14.3. The molecule has 3 fully saturated rings. The summed E-state index contributed by atoms with van der Waals surface area (Å²) in [7, 11) is 0. The quantitative estimate of drug-likeness (QED) is 0.516. The highest BCUT2D eigenvalue weighted by Gasteiger charge is 2.50. The van der Waals surface area contributed by atoms with E-state index in [1.54, 1.807) is 5.57 Å². The number of aliphatic hydroxyl groups excluding tert-OH is 3. The largest absolute Gasteiger partial charge is 0.393 e. The Balaban J connectivity index is 1.45. The SMILES string of the molecule is CC1=C(C/C=C2\CCC[C@]3(C)[C@@H]([C@H](C)/C=C/[C@@H](O)C4CC4)CC[C@@H]23)C[C@@H](O)C[C@@H]1O. The normalized spacial score (nSPS) is 40.8. The molecule has 0 heterocycles. The molecule has 0 aromatic carbocycles. The van der Waals surface area contributed by atoms with Crippen molar-refractivity contribution in [2.45, 2.75) is 103 Å². The molecule has 30 heavy (non-hydrogen) atoms. The number of fused-ring (bicyclic) bond motifs is 1. The first kappa shape index (κ1) is 22.3. The van der Waals surface area contributed by atoms with Crippen LogP contribution in [0.3, 0.4) is 0 Å². The lowest BCUT2D eigenvalue weighted by atomic mass is 9.61. The lowest BCUT2D eigenvalue weighted by Gasteiger charge is -2.44. The van der Waals surface area contributed by atoms with Crippen LogP contribution in [0.2, 0.25) is 0 Å². The fraction of sp³-hybridized carbons (Fsp3) is 0.778. The Hall–Kier alpha value is -0.900. The van der Waals surface area contributed by atoms with Gasteiger partial charge in [-0.2, -0.15) is 0 Å². The third kappa shape index (κ3) is 4.49. The Labute approximate surface area is 183 Å². The number of aliphatic hydroxyl groups is 3. The molecule has 0 unspecified atom stereocenters. The monoisotopic (exact) mass is 414 g/mol. The highest BCUT2D eigenvalue weighted by molar-refractivity contribution is 5.26. The van der Waals surface area contributed by atoms with Gasteiger partial charge < -0.3 is 15.3 Å². The van der Waals surface area contributed by atoms with E-state index < -0.39 is 12.2 Å². The summed E-state index contributed by atoms with van der Waals surface area (Å²) in [4.78, 5) is 0. The molecule has 4 rings (SSSR count). The van der Waals surface area contributed by atoms with Crippen LogP contribution in [-0.4, -0.2) is 33.6 Å². The number of hydrogen-bond donors (Lipinski definition) is 3. The van der Waals surface area contributed by atoms with E-state index in [2.05, 4.69) is 32.1 Å². The van der Waals surface area contributed by atoms with Crippen molar-refractivity contribution in [3.8, 4) is 0 Å². The van der Waals surface area contributed by atoms with Gasteiger partial charge in [0.15, 0.2) is 0 Å². The van der Waals surface area contributed by atoms with Crippen LogP contribution < -0.4 is 0 Å². The van der Waals surface area contributed by atoms with Crippen molar-refractivity contribution in [1.82, 2.24) is 0 Å². The van der Waals surface area contributed by atoms with E-state index >= 15 is 0 Å². The number of rotatable bonds is 6. The molecule has 0 saturated heterocycles. The summed E-state index contributed by atoms with van der Waals surface area (Å²) >= 11 is 0. The van der Waals surface area contributed by atoms with Gasteiger partial charge in [0.05, 0.1) is 18.3 Å². The molecule has 168 valence electrons. The van der Waals surface area contributed by atoms with Gasteiger partial charge in [0, 0.05) is 6.42 Å². The van der Waals surface area contributed by atoms with E-state index in [0.717, 1.165) is 12.0 Å². The molecule has 4 aliphatic rings. The molecule has 3 saturated carbocycles. The summed E-state index contributed by atoms with van der Waals surface area (Å²) in [6.07, 6.45) is 16.5. The maximum absolute atomic E-state index is 10.2. The van der Waals surface area contributed by atoms with Gasteiger partial charge in [0.2, 0.25) is 0 Å². The van der Waals surface area contributed by atoms with Crippen LogP contribution >= 0.6 is 0 Å². The second-order valence-electron chi connectivity index (χ2n) is 11.0. The zero-order chi connectivity index (χ0) is 21.5. The van der Waals surface area contributed by atoms with Crippen LogP contribution in [0.25, 0.3) is 0 Å².